The lowest BCUT2D eigenvalue weighted by Gasteiger charge is -2.07. The van der Waals surface area contributed by atoms with E-state index in [1.54, 1.807) is 35.9 Å². The minimum absolute atomic E-state index is 0.333. The molecule has 0 bridgehead atoms. The van der Waals surface area contributed by atoms with Gasteiger partial charge in [0, 0.05) is 17.8 Å². The second kappa shape index (κ2) is 4.63. The second-order valence-electron chi connectivity index (χ2n) is 3.91. The number of carboxylic acid groups (broad SMARTS) is 1. The van der Waals surface area contributed by atoms with Crippen LogP contribution in [0.25, 0.3) is 0 Å². The summed E-state index contributed by atoms with van der Waals surface area (Å²) in [7, 11) is 0. The number of hydrogen-bond acceptors (Lipinski definition) is 1. The van der Waals surface area contributed by atoms with Crippen molar-refractivity contribution in [2.45, 2.75) is 13.5 Å². The Balaban J connectivity index is 2.30. The van der Waals surface area contributed by atoms with Crippen LogP contribution in [0.1, 0.15) is 21.6 Å². The van der Waals surface area contributed by atoms with E-state index in [4.69, 9.17) is 16.7 Å². The molecule has 0 aliphatic rings. The summed E-state index contributed by atoms with van der Waals surface area (Å²) in [5.74, 6) is -0.901. The summed E-state index contributed by atoms with van der Waals surface area (Å²) < 4.78 is 1.72. The Morgan fingerprint density at radius 3 is 2.53 bits per heavy atom. The highest BCUT2D eigenvalue weighted by Gasteiger charge is 2.13. The lowest BCUT2D eigenvalue weighted by Crippen LogP contribution is -2.09. The lowest BCUT2D eigenvalue weighted by atomic mass is 10.2. The number of rotatable bonds is 3. The van der Waals surface area contributed by atoms with Crippen LogP contribution in [0.4, 0.5) is 0 Å². The Morgan fingerprint density at radius 2 is 1.94 bits per heavy atom. The minimum atomic E-state index is -0.901. The van der Waals surface area contributed by atoms with Crippen molar-refractivity contribution in [3.63, 3.8) is 0 Å². The zero-order valence-electron chi connectivity index (χ0n) is 9.35. The van der Waals surface area contributed by atoms with Gasteiger partial charge in [-0.3, -0.25) is 0 Å². The van der Waals surface area contributed by atoms with Crippen LogP contribution in [0.5, 0.6) is 0 Å². The third kappa shape index (κ3) is 2.50. The molecule has 0 amide bonds. The van der Waals surface area contributed by atoms with E-state index in [1.807, 2.05) is 12.1 Å². The number of benzene rings is 1. The summed E-state index contributed by atoms with van der Waals surface area (Å²) in [5.41, 5.74) is 2.12. The highest BCUT2D eigenvalue weighted by molar-refractivity contribution is 6.30. The van der Waals surface area contributed by atoms with Gasteiger partial charge in [-0.05, 0) is 36.2 Å². The van der Waals surface area contributed by atoms with Crippen LogP contribution < -0.4 is 0 Å². The molecule has 17 heavy (non-hydrogen) atoms. The van der Waals surface area contributed by atoms with E-state index in [0.717, 1.165) is 11.1 Å². The Hall–Kier alpha value is -1.74. The fraction of sp³-hybridized carbons (Fsp3) is 0.154. The second-order valence-corrected chi connectivity index (χ2v) is 4.34. The van der Waals surface area contributed by atoms with Crippen molar-refractivity contribution in [2.75, 3.05) is 0 Å². The number of aryl methyl sites for hydroxylation is 1. The Labute approximate surface area is 104 Å². The standard InChI is InChI=1S/C13H12ClNO2/c1-9-6-7-15(12(9)13(16)17)8-10-2-4-11(14)5-3-10/h2-7H,8H2,1H3,(H,16,17). The average molecular weight is 250 g/mol. The van der Waals surface area contributed by atoms with Gasteiger partial charge in [0.2, 0.25) is 0 Å². The number of carbonyl (C=O) groups is 1. The van der Waals surface area contributed by atoms with Gasteiger partial charge < -0.3 is 9.67 Å². The van der Waals surface area contributed by atoms with Crippen LogP contribution in [-0.2, 0) is 6.54 Å². The van der Waals surface area contributed by atoms with Crippen LogP contribution in [0.3, 0.4) is 0 Å². The molecule has 4 heteroatoms. The summed E-state index contributed by atoms with van der Waals surface area (Å²) in [6.45, 7) is 2.33. The average Bonchev–Trinajstić information content (AvgIpc) is 2.63. The first kappa shape index (κ1) is 11.7. The van der Waals surface area contributed by atoms with E-state index < -0.39 is 5.97 Å². The maximum Gasteiger partial charge on any atom is 0.352 e. The smallest absolute Gasteiger partial charge is 0.352 e. The fourth-order valence-electron chi connectivity index (χ4n) is 1.79. The summed E-state index contributed by atoms with van der Waals surface area (Å²) in [6.07, 6.45) is 1.79. The number of aromatic carboxylic acids is 1. The van der Waals surface area contributed by atoms with E-state index in [9.17, 15) is 4.79 Å². The molecule has 88 valence electrons. The highest BCUT2D eigenvalue weighted by atomic mass is 35.5. The third-order valence-electron chi connectivity index (χ3n) is 2.63. The summed E-state index contributed by atoms with van der Waals surface area (Å²) >= 11 is 5.80. The van der Waals surface area contributed by atoms with Gasteiger partial charge in [0.25, 0.3) is 0 Å². The molecule has 0 unspecified atom stereocenters. The number of nitrogens with zero attached hydrogens (tertiary/aromatic N) is 1. The molecule has 0 saturated carbocycles. The van der Waals surface area contributed by atoms with Gasteiger partial charge in [-0.25, -0.2) is 4.79 Å². The number of halogens is 1. The molecule has 1 heterocycles. The zero-order valence-corrected chi connectivity index (χ0v) is 10.1. The molecule has 0 fully saturated rings. The quantitative estimate of drug-likeness (QED) is 0.908. The molecule has 1 aromatic carbocycles. The van der Waals surface area contributed by atoms with E-state index in [0.29, 0.717) is 17.3 Å². The van der Waals surface area contributed by atoms with Gasteiger partial charge >= 0.3 is 5.97 Å². The molecule has 1 N–H and O–H groups in total. The maximum absolute atomic E-state index is 11.1. The maximum atomic E-state index is 11.1. The van der Waals surface area contributed by atoms with Gasteiger partial charge in [0.1, 0.15) is 5.69 Å². The van der Waals surface area contributed by atoms with E-state index in [2.05, 4.69) is 0 Å². The Kier molecular flexibility index (Phi) is 3.20. The van der Waals surface area contributed by atoms with Crippen LogP contribution in [0, 0.1) is 6.92 Å². The topological polar surface area (TPSA) is 42.2 Å². The van der Waals surface area contributed by atoms with Crippen molar-refractivity contribution in [3.8, 4) is 0 Å². The molecule has 3 nitrogen and oxygen atoms in total. The number of carboxylic acids is 1. The predicted molar refractivity (Wildman–Crippen MR) is 66.7 cm³/mol. The van der Waals surface area contributed by atoms with Crippen LogP contribution in [0.15, 0.2) is 36.5 Å². The predicted octanol–water partition coefficient (Wildman–Crippen LogP) is 3.20. The third-order valence-corrected chi connectivity index (χ3v) is 2.89. The Bertz CT molecular complexity index is 543. The summed E-state index contributed by atoms with van der Waals surface area (Å²) in [6, 6.07) is 9.19. The van der Waals surface area contributed by atoms with Crippen molar-refractivity contribution < 1.29 is 9.90 Å². The summed E-state index contributed by atoms with van der Waals surface area (Å²) in [5, 5.41) is 9.79. The van der Waals surface area contributed by atoms with Gasteiger partial charge in [0.15, 0.2) is 0 Å². The molecular weight excluding hydrogens is 238 g/mol. The highest BCUT2D eigenvalue weighted by Crippen LogP contribution is 2.15. The molecule has 0 aliphatic heterocycles. The molecule has 0 aliphatic carbocycles. The van der Waals surface area contributed by atoms with Crippen molar-refractivity contribution in [1.29, 1.82) is 0 Å². The van der Waals surface area contributed by atoms with Gasteiger partial charge in [-0.2, -0.15) is 0 Å². The first-order valence-corrected chi connectivity index (χ1v) is 5.59. The van der Waals surface area contributed by atoms with E-state index in [-0.39, 0.29) is 0 Å². The SMILES string of the molecule is Cc1ccn(Cc2ccc(Cl)cc2)c1C(=O)O. The van der Waals surface area contributed by atoms with Crippen molar-refractivity contribution in [1.82, 2.24) is 4.57 Å². The van der Waals surface area contributed by atoms with Crippen LogP contribution >= 0.6 is 11.6 Å². The number of hydrogen-bond donors (Lipinski definition) is 1. The first-order chi connectivity index (χ1) is 8.08. The van der Waals surface area contributed by atoms with Gasteiger partial charge in [-0.15, -0.1) is 0 Å². The monoisotopic (exact) mass is 249 g/mol. The van der Waals surface area contributed by atoms with Crippen molar-refractivity contribution in [3.05, 3.63) is 58.4 Å². The van der Waals surface area contributed by atoms with E-state index in [1.165, 1.54) is 0 Å². The van der Waals surface area contributed by atoms with Crippen molar-refractivity contribution in [2.24, 2.45) is 0 Å². The number of aromatic nitrogens is 1. The Morgan fingerprint density at radius 1 is 1.29 bits per heavy atom. The largest absolute Gasteiger partial charge is 0.477 e. The van der Waals surface area contributed by atoms with Crippen LogP contribution in [0.2, 0.25) is 5.02 Å². The normalized spacial score (nSPS) is 10.5. The van der Waals surface area contributed by atoms with E-state index >= 15 is 0 Å². The van der Waals surface area contributed by atoms with Gasteiger partial charge in [0.05, 0.1) is 0 Å². The fourth-order valence-corrected chi connectivity index (χ4v) is 1.92. The molecular formula is C13H12ClNO2. The molecule has 1 aromatic heterocycles. The zero-order chi connectivity index (χ0) is 12.4. The molecule has 0 radical (unpaired) electrons. The minimum Gasteiger partial charge on any atom is -0.477 e. The summed E-state index contributed by atoms with van der Waals surface area (Å²) in [4.78, 5) is 11.1. The molecule has 0 atom stereocenters. The van der Waals surface area contributed by atoms with Crippen molar-refractivity contribution >= 4 is 17.6 Å². The molecule has 2 aromatic rings. The van der Waals surface area contributed by atoms with Crippen LogP contribution in [-0.4, -0.2) is 15.6 Å². The lowest BCUT2D eigenvalue weighted by molar-refractivity contribution is 0.0685. The first-order valence-electron chi connectivity index (χ1n) is 5.21. The molecule has 2 rings (SSSR count). The molecule has 0 spiro atoms. The molecule has 0 saturated heterocycles. The van der Waals surface area contributed by atoms with Gasteiger partial charge in [-0.1, -0.05) is 23.7 Å².